The Morgan fingerprint density at radius 3 is 2.83 bits per heavy atom. The average Bonchev–Trinajstić information content (AvgIpc) is 3.13. The van der Waals surface area contributed by atoms with E-state index >= 15 is 0 Å². The van der Waals surface area contributed by atoms with Crippen molar-refractivity contribution in [2.75, 3.05) is 6.54 Å². The molecule has 2 atom stereocenters. The maximum atomic E-state index is 13.0. The minimum atomic E-state index is -4.36. The summed E-state index contributed by atoms with van der Waals surface area (Å²) in [6, 6.07) is 5.13. The van der Waals surface area contributed by atoms with Crippen molar-refractivity contribution < 1.29 is 18.3 Å². The Morgan fingerprint density at radius 2 is 2.12 bits per heavy atom. The van der Waals surface area contributed by atoms with Crippen molar-refractivity contribution in [3.8, 4) is 0 Å². The van der Waals surface area contributed by atoms with Crippen LogP contribution in [0.5, 0.6) is 0 Å². The fourth-order valence-electron chi connectivity index (χ4n) is 3.28. The summed E-state index contributed by atoms with van der Waals surface area (Å²) in [5.41, 5.74) is -0.0765. The molecule has 1 saturated heterocycles. The second kappa shape index (κ2) is 6.57. The highest BCUT2D eigenvalue weighted by atomic mass is 19.4. The first-order chi connectivity index (χ1) is 11.4. The van der Waals surface area contributed by atoms with E-state index in [0.29, 0.717) is 25.1 Å². The third kappa shape index (κ3) is 3.47. The first-order valence-corrected chi connectivity index (χ1v) is 7.97. The molecule has 3 rings (SSSR count). The third-order valence-corrected chi connectivity index (χ3v) is 4.47. The van der Waals surface area contributed by atoms with E-state index < -0.39 is 17.8 Å². The van der Waals surface area contributed by atoms with Crippen LogP contribution < -0.4 is 0 Å². The summed E-state index contributed by atoms with van der Waals surface area (Å²) < 4.78 is 40.9. The van der Waals surface area contributed by atoms with E-state index in [1.54, 1.807) is 12.3 Å². The Balaban J connectivity index is 1.86. The molecule has 1 aromatic carbocycles. The first kappa shape index (κ1) is 17.0. The van der Waals surface area contributed by atoms with E-state index in [1.165, 1.54) is 12.1 Å². The fourth-order valence-corrected chi connectivity index (χ4v) is 3.28. The van der Waals surface area contributed by atoms with Crippen molar-refractivity contribution in [3.05, 3.63) is 53.6 Å². The molecule has 7 heteroatoms. The van der Waals surface area contributed by atoms with Gasteiger partial charge in [-0.15, -0.1) is 0 Å². The number of nitrogens with zero attached hydrogens (tertiary/aromatic N) is 3. The van der Waals surface area contributed by atoms with Gasteiger partial charge in [-0.1, -0.05) is 12.1 Å². The van der Waals surface area contributed by atoms with Gasteiger partial charge in [-0.05, 0) is 31.0 Å². The topological polar surface area (TPSA) is 41.3 Å². The molecule has 2 heterocycles. The quantitative estimate of drug-likeness (QED) is 0.930. The van der Waals surface area contributed by atoms with Crippen molar-refractivity contribution in [3.63, 3.8) is 0 Å². The van der Waals surface area contributed by atoms with Gasteiger partial charge in [0.2, 0.25) is 0 Å². The molecular formula is C17H20F3N3O. The highest BCUT2D eigenvalue weighted by molar-refractivity contribution is 5.29. The van der Waals surface area contributed by atoms with Crippen LogP contribution in [0.25, 0.3) is 0 Å². The minimum Gasteiger partial charge on any atom is -0.392 e. The molecule has 2 unspecified atom stereocenters. The number of aliphatic hydroxyl groups excluding tert-OH is 1. The number of rotatable bonds is 4. The van der Waals surface area contributed by atoms with Gasteiger partial charge < -0.3 is 9.67 Å². The number of β-amino-alcohol motifs (C(OH)–C–C–N with tert-alkyl or cyclic N) is 1. The van der Waals surface area contributed by atoms with Gasteiger partial charge in [-0.3, -0.25) is 4.90 Å². The first-order valence-electron chi connectivity index (χ1n) is 7.97. The summed E-state index contributed by atoms with van der Waals surface area (Å²) in [6.07, 6.45) is -0.897. The highest BCUT2D eigenvalue weighted by Gasteiger charge is 2.35. The zero-order chi connectivity index (χ0) is 17.3. The molecule has 0 amide bonds. The lowest BCUT2D eigenvalue weighted by molar-refractivity contribution is -0.137. The average molecular weight is 339 g/mol. The molecule has 24 heavy (non-hydrogen) atoms. The number of likely N-dealkylation sites (tertiary alicyclic amines) is 1. The number of halogens is 3. The summed E-state index contributed by atoms with van der Waals surface area (Å²) in [7, 11) is 0. The van der Waals surface area contributed by atoms with Crippen LogP contribution >= 0.6 is 0 Å². The summed E-state index contributed by atoms with van der Waals surface area (Å²) >= 11 is 0. The van der Waals surface area contributed by atoms with E-state index in [4.69, 9.17) is 0 Å². The van der Waals surface area contributed by atoms with Crippen LogP contribution in [-0.2, 0) is 19.3 Å². The Morgan fingerprint density at radius 1 is 1.33 bits per heavy atom. The fraction of sp³-hybridized carbons (Fsp3) is 0.471. The van der Waals surface area contributed by atoms with Gasteiger partial charge in [0.1, 0.15) is 5.82 Å². The number of hydrogen-bond donors (Lipinski definition) is 1. The maximum absolute atomic E-state index is 13.0. The summed E-state index contributed by atoms with van der Waals surface area (Å²) in [6.45, 7) is 3.71. The Labute approximate surface area is 138 Å². The molecule has 0 bridgehead atoms. The molecule has 0 radical (unpaired) electrons. The van der Waals surface area contributed by atoms with Gasteiger partial charge in [-0.2, -0.15) is 13.2 Å². The molecular weight excluding hydrogens is 319 g/mol. The minimum absolute atomic E-state index is 0.246. The molecule has 1 N–H and O–H groups in total. The lowest BCUT2D eigenvalue weighted by Crippen LogP contribution is -2.26. The molecule has 1 aliphatic rings. The van der Waals surface area contributed by atoms with Crippen molar-refractivity contribution in [1.29, 1.82) is 0 Å². The van der Waals surface area contributed by atoms with Crippen molar-refractivity contribution >= 4 is 0 Å². The van der Waals surface area contributed by atoms with Gasteiger partial charge >= 0.3 is 6.18 Å². The monoisotopic (exact) mass is 339 g/mol. The van der Waals surface area contributed by atoms with Crippen LogP contribution in [0.2, 0.25) is 0 Å². The number of aliphatic hydroxyl groups is 1. The SMILES string of the molecule is CCn1ccnc1CN1CC(O)CC1c1cccc(C(F)(F)F)c1. The Hall–Kier alpha value is -1.86. The standard InChI is InChI=1S/C17H20F3N3O/c1-2-22-7-6-21-16(22)11-23-10-14(24)9-15(23)12-4-3-5-13(8-12)17(18,19)20/h3-8,14-15,24H,2,9-11H2,1H3. The zero-order valence-corrected chi connectivity index (χ0v) is 13.4. The van der Waals surface area contributed by atoms with E-state index in [9.17, 15) is 18.3 Å². The summed E-state index contributed by atoms with van der Waals surface area (Å²) in [5, 5.41) is 10.0. The van der Waals surface area contributed by atoms with Crippen molar-refractivity contribution in [2.24, 2.45) is 0 Å². The lowest BCUT2D eigenvalue weighted by atomic mass is 10.0. The molecule has 0 spiro atoms. The van der Waals surface area contributed by atoms with Crippen LogP contribution in [0.1, 0.15) is 36.3 Å². The maximum Gasteiger partial charge on any atom is 0.416 e. The number of hydrogen-bond acceptors (Lipinski definition) is 3. The number of benzene rings is 1. The largest absolute Gasteiger partial charge is 0.416 e. The molecule has 1 aromatic heterocycles. The number of imidazole rings is 1. The number of aromatic nitrogens is 2. The van der Waals surface area contributed by atoms with E-state index in [-0.39, 0.29) is 6.04 Å². The van der Waals surface area contributed by atoms with Gasteiger partial charge in [0, 0.05) is 31.5 Å². The predicted molar refractivity (Wildman–Crippen MR) is 83.1 cm³/mol. The van der Waals surface area contributed by atoms with Crippen LogP contribution in [0.4, 0.5) is 13.2 Å². The van der Waals surface area contributed by atoms with Gasteiger partial charge in [-0.25, -0.2) is 4.98 Å². The van der Waals surface area contributed by atoms with Gasteiger partial charge in [0.15, 0.2) is 0 Å². The van der Waals surface area contributed by atoms with E-state index in [1.807, 2.05) is 22.6 Å². The van der Waals surface area contributed by atoms with Crippen LogP contribution in [0, 0.1) is 0 Å². The van der Waals surface area contributed by atoms with Crippen LogP contribution in [0.3, 0.4) is 0 Å². The van der Waals surface area contributed by atoms with E-state index in [0.717, 1.165) is 18.4 Å². The zero-order valence-electron chi connectivity index (χ0n) is 13.4. The predicted octanol–water partition coefficient (Wildman–Crippen LogP) is 3.23. The van der Waals surface area contributed by atoms with Crippen molar-refractivity contribution in [1.82, 2.24) is 14.5 Å². The molecule has 1 fully saturated rings. The second-order valence-corrected chi connectivity index (χ2v) is 6.09. The molecule has 1 aliphatic heterocycles. The number of aryl methyl sites for hydroxylation is 1. The molecule has 2 aromatic rings. The Bertz CT molecular complexity index is 698. The molecule has 0 saturated carbocycles. The highest BCUT2D eigenvalue weighted by Crippen LogP contribution is 2.36. The molecule has 0 aliphatic carbocycles. The lowest BCUT2D eigenvalue weighted by Gasteiger charge is -2.25. The second-order valence-electron chi connectivity index (χ2n) is 6.09. The third-order valence-electron chi connectivity index (χ3n) is 4.47. The van der Waals surface area contributed by atoms with Gasteiger partial charge in [0.25, 0.3) is 0 Å². The summed E-state index contributed by atoms with van der Waals surface area (Å²) in [4.78, 5) is 6.31. The van der Waals surface area contributed by atoms with Crippen LogP contribution in [-0.4, -0.2) is 32.2 Å². The summed E-state index contributed by atoms with van der Waals surface area (Å²) in [5.74, 6) is 0.851. The van der Waals surface area contributed by atoms with E-state index in [2.05, 4.69) is 4.98 Å². The van der Waals surface area contributed by atoms with Crippen LogP contribution in [0.15, 0.2) is 36.7 Å². The molecule has 130 valence electrons. The Kier molecular flexibility index (Phi) is 4.64. The van der Waals surface area contributed by atoms with Crippen molar-refractivity contribution in [2.45, 2.75) is 44.8 Å². The normalized spacial score (nSPS) is 22.2. The van der Waals surface area contributed by atoms with Gasteiger partial charge in [0.05, 0.1) is 18.2 Å². The number of alkyl halides is 3. The molecule has 4 nitrogen and oxygen atoms in total. The smallest absolute Gasteiger partial charge is 0.392 e.